The summed E-state index contributed by atoms with van der Waals surface area (Å²) in [7, 11) is 0. The van der Waals surface area contributed by atoms with Gasteiger partial charge in [0.05, 0.1) is 6.10 Å². The van der Waals surface area contributed by atoms with E-state index in [1.54, 1.807) is 0 Å². The molecule has 0 saturated carbocycles. The molecule has 0 saturated heterocycles. The fraction of sp³-hybridized carbons (Fsp3) is 0.900. The summed E-state index contributed by atoms with van der Waals surface area (Å²) < 4.78 is 5.33. The lowest BCUT2D eigenvalue weighted by Gasteiger charge is -2.08. The highest BCUT2D eigenvalue weighted by atomic mass is 16.5. The number of ether oxygens (including phenoxy) is 1. The van der Waals surface area contributed by atoms with Gasteiger partial charge in [-0.05, 0) is 26.7 Å². The van der Waals surface area contributed by atoms with Crippen molar-refractivity contribution in [1.82, 2.24) is 10.6 Å². The van der Waals surface area contributed by atoms with Crippen LogP contribution in [0.5, 0.6) is 0 Å². The minimum absolute atomic E-state index is 0.0867. The second kappa shape index (κ2) is 8.81. The van der Waals surface area contributed by atoms with Crippen LogP contribution in [0.2, 0.25) is 0 Å². The van der Waals surface area contributed by atoms with Gasteiger partial charge in [0, 0.05) is 19.7 Å². The van der Waals surface area contributed by atoms with Gasteiger partial charge in [-0.1, -0.05) is 6.92 Å². The smallest absolute Gasteiger partial charge is 0.314 e. The van der Waals surface area contributed by atoms with Crippen LogP contribution in [0.15, 0.2) is 0 Å². The van der Waals surface area contributed by atoms with Crippen LogP contribution in [0.3, 0.4) is 0 Å². The Morgan fingerprint density at radius 2 is 1.93 bits per heavy atom. The Balaban J connectivity index is 3.15. The highest BCUT2D eigenvalue weighted by Gasteiger charge is 1.97. The number of hydrogen-bond donors (Lipinski definition) is 2. The largest absolute Gasteiger partial charge is 0.379 e. The zero-order chi connectivity index (χ0) is 10.8. The fourth-order valence-electron chi connectivity index (χ4n) is 0.894. The van der Waals surface area contributed by atoms with Crippen molar-refractivity contribution in [3.8, 4) is 0 Å². The third-order valence-corrected chi connectivity index (χ3v) is 1.59. The van der Waals surface area contributed by atoms with Crippen LogP contribution in [-0.4, -0.2) is 31.8 Å². The third kappa shape index (κ3) is 9.32. The van der Waals surface area contributed by atoms with Crippen LogP contribution >= 0.6 is 0 Å². The topological polar surface area (TPSA) is 50.4 Å². The summed E-state index contributed by atoms with van der Waals surface area (Å²) in [6.45, 7) is 8.13. The summed E-state index contributed by atoms with van der Waals surface area (Å²) in [6, 6.07) is -0.0867. The van der Waals surface area contributed by atoms with Gasteiger partial charge >= 0.3 is 6.03 Å². The van der Waals surface area contributed by atoms with E-state index >= 15 is 0 Å². The molecular weight excluding hydrogens is 180 g/mol. The van der Waals surface area contributed by atoms with Gasteiger partial charge in [0.15, 0.2) is 0 Å². The molecule has 0 rings (SSSR count). The van der Waals surface area contributed by atoms with E-state index in [1.165, 1.54) is 0 Å². The molecule has 0 heterocycles. The van der Waals surface area contributed by atoms with Crippen molar-refractivity contribution >= 4 is 6.03 Å². The summed E-state index contributed by atoms with van der Waals surface area (Å²) in [4.78, 5) is 11.0. The summed E-state index contributed by atoms with van der Waals surface area (Å²) in [6.07, 6.45) is 2.09. The van der Waals surface area contributed by atoms with Crippen LogP contribution < -0.4 is 10.6 Å². The predicted octanol–water partition coefficient (Wildman–Crippen LogP) is 1.51. The lowest BCUT2D eigenvalue weighted by atomic mass is 10.4. The molecular formula is C10H22N2O2. The number of nitrogens with one attached hydrogen (secondary N) is 2. The minimum Gasteiger partial charge on any atom is -0.379 e. The third-order valence-electron chi connectivity index (χ3n) is 1.59. The molecule has 0 aromatic carbocycles. The average molecular weight is 202 g/mol. The molecule has 0 aromatic rings. The lowest BCUT2D eigenvalue weighted by Crippen LogP contribution is -2.36. The molecule has 0 spiro atoms. The van der Waals surface area contributed by atoms with Gasteiger partial charge in [-0.3, -0.25) is 0 Å². The van der Waals surface area contributed by atoms with E-state index in [0.29, 0.717) is 13.2 Å². The lowest BCUT2D eigenvalue weighted by molar-refractivity contribution is 0.0774. The van der Waals surface area contributed by atoms with Gasteiger partial charge < -0.3 is 15.4 Å². The zero-order valence-corrected chi connectivity index (χ0v) is 9.43. The van der Waals surface area contributed by atoms with Crippen LogP contribution in [0.1, 0.15) is 33.6 Å². The quantitative estimate of drug-likeness (QED) is 0.615. The van der Waals surface area contributed by atoms with Gasteiger partial charge in [0.2, 0.25) is 0 Å². The first kappa shape index (κ1) is 13.2. The molecule has 0 bridgehead atoms. The number of hydrogen-bond acceptors (Lipinski definition) is 2. The Kier molecular flexibility index (Phi) is 8.33. The van der Waals surface area contributed by atoms with Crippen LogP contribution in [-0.2, 0) is 4.74 Å². The SMILES string of the molecule is CCCNC(=O)NCCCOC(C)C. The van der Waals surface area contributed by atoms with Crippen molar-refractivity contribution in [2.45, 2.75) is 39.7 Å². The molecule has 0 atom stereocenters. The van der Waals surface area contributed by atoms with Gasteiger partial charge in [0.1, 0.15) is 0 Å². The Morgan fingerprint density at radius 3 is 2.50 bits per heavy atom. The Morgan fingerprint density at radius 1 is 1.29 bits per heavy atom. The van der Waals surface area contributed by atoms with Crippen molar-refractivity contribution in [3.63, 3.8) is 0 Å². The number of carbonyl (C=O) groups is 1. The van der Waals surface area contributed by atoms with Crippen LogP contribution in [0.4, 0.5) is 4.79 Å². The number of rotatable bonds is 7. The molecule has 84 valence electrons. The molecule has 0 aliphatic carbocycles. The molecule has 4 nitrogen and oxygen atoms in total. The molecule has 0 aliphatic rings. The normalized spacial score (nSPS) is 10.3. The number of carbonyl (C=O) groups excluding carboxylic acids is 1. The molecule has 0 aromatic heterocycles. The molecule has 0 fully saturated rings. The fourth-order valence-corrected chi connectivity index (χ4v) is 0.894. The van der Waals surface area contributed by atoms with E-state index in [9.17, 15) is 4.79 Å². The van der Waals surface area contributed by atoms with E-state index in [2.05, 4.69) is 10.6 Å². The molecule has 0 aliphatic heterocycles. The first-order valence-electron chi connectivity index (χ1n) is 5.30. The summed E-state index contributed by atoms with van der Waals surface area (Å²) in [5.74, 6) is 0. The Bertz CT molecular complexity index is 149. The molecule has 2 N–H and O–H groups in total. The Hall–Kier alpha value is -0.770. The summed E-state index contributed by atoms with van der Waals surface area (Å²) >= 11 is 0. The minimum atomic E-state index is -0.0867. The van der Waals surface area contributed by atoms with E-state index < -0.39 is 0 Å². The van der Waals surface area contributed by atoms with Crippen LogP contribution in [0.25, 0.3) is 0 Å². The molecule has 0 unspecified atom stereocenters. The van der Waals surface area contributed by atoms with Crippen molar-refractivity contribution in [3.05, 3.63) is 0 Å². The monoisotopic (exact) mass is 202 g/mol. The zero-order valence-electron chi connectivity index (χ0n) is 9.43. The van der Waals surface area contributed by atoms with Crippen molar-refractivity contribution in [2.75, 3.05) is 19.7 Å². The molecule has 4 heteroatoms. The first-order valence-corrected chi connectivity index (χ1v) is 5.30. The van der Waals surface area contributed by atoms with Crippen LogP contribution in [0, 0.1) is 0 Å². The maximum absolute atomic E-state index is 11.0. The summed E-state index contributed by atoms with van der Waals surface area (Å²) in [5.41, 5.74) is 0. The maximum atomic E-state index is 11.0. The highest BCUT2D eigenvalue weighted by Crippen LogP contribution is 1.88. The van der Waals surface area contributed by atoms with E-state index in [0.717, 1.165) is 19.4 Å². The second-order valence-corrected chi connectivity index (χ2v) is 3.46. The predicted molar refractivity (Wildman–Crippen MR) is 57.4 cm³/mol. The maximum Gasteiger partial charge on any atom is 0.314 e. The molecule has 0 radical (unpaired) electrons. The summed E-state index contributed by atoms with van der Waals surface area (Å²) in [5, 5.41) is 5.50. The van der Waals surface area contributed by atoms with Crippen molar-refractivity contribution in [1.29, 1.82) is 0 Å². The van der Waals surface area contributed by atoms with Gasteiger partial charge in [0.25, 0.3) is 0 Å². The second-order valence-electron chi connectivity index (χ2n) is 3.46. The van der Waals surface area contributed by atoms with Gasteiger partial charge in [-0.15, -0.1) is 0 Å². The van der Waals surface area contributed by atoms with Crippen molar-refractivity contribution < 1.29 is 9.53 Å². The van der Waals surface area contributed by atoms with Gasteiger partial charge in [-0.25, -0.2) is 4.79 Å². The molecule has 14 heavy (non-hydrogen) atoms. The van der Waals surface area contributed by atoms with E-state index in [1.807, 2.05) is 20.8 Å². The Labute approximate surface area is 86.4 Å². The average Bonchev–Trinajstić information content (AvgIpc) is 2.13. The number of amides is 2. The van der Waals surface area contributed by atoms with Crippen molar-refractivity contribution in [2.24, 2.45) is 0 Å². The first-order chi connectivity index (χ1) is 6.66. The van der Waals surface area contributed by atoms with Gasteiger partial charge in [-0.2, -0.15) is 0 Å². The highest BCUT2D eigenvalue weighted by molar-refractivity contribution is 5.73. The number of urea groups is 1. The molecule has 2 amide bonds. The van der Waals surface area contributed by atoms with E-state index in [-0.39, 0.29) is 12.1 Å². The van der Waals surface area contributed by atoms with E-state index in [4.69, 9.17) is 4.74 Å². The standard InChI is InChI=1S/C10H22N2O2/c1-4-6-11-10(13)12-7-5-8-14-9(2)3/h9H,4-8H2,1-3H3,(H2,11,12,13).